The van der Waals surface area contributed by atoms with Gasteiger partial charge in [-0.25, -0.2) is 14.8 Å². The van der Waals surface area contributed by atoms with E-state index in [-0.39, 0.29) is 6.61 Å². The molecule has 1 N–H and O–H groups in total. The second kappa shape index (κ2) is 9.30. The standard InChI is InChI=1S/C21H24ClN3O5/c1-5-15-18(13-8-7-12(28-4)9-14(13)22)23-16(6-2)20(24-15)25-19-17(30-11(3)26)10-29-21(19)27/h7-9,17,19H,5-6,10H2,1-4H3,(H,24,25). The number of carbonyl (C=O) groups is 2. The number of cyclic esters (lactones) is 1. The number of aromatic nitrogens is 2. The molecule has 2 heterocycles. The summed E-state index contributed by atoms with van der Waals surface area (Å²) in [6, 6.07) is 4.56. The van der Waals surface area contributed by atoms with Crippen LogP contribution in [0.25, 0.3) is 11.3 Å². The SMILES string of the molecule is CCc1nc(-c2ccc(OC)cc2Cl)c(CC)nc1NC1C(=O)OCC1OC(C)=O. The first kappa shape index (κ1) is 21.8. The molecule has 160 valence electrons. The maximum absolute atomic E-state index is 12.2. The Hall–Kier alpha value is -2.87. The summed E-state index contributed by atoms with van der Waals surface area (Å²) in [6.45, 7) is 5.20. The largest absolute Gasteiger partial charge is 0.497 e. The molecule has 8 nitrogen and oxygen atoms in total. The lowest BCUT2D eigenvalue weighted by atomic mass is 10.1. The van der Waals surface area contributed by atoms with Crippen molar-refractivity contribution in [3.05, 3.63) is 34.6 Å². The van der Waals surface area contributed by atoms with Crippen molar-refractivity contribution in [1.29, 1.82) is 0 Å². The fourth-order valence-corrected chi connectivity index (χ4v) is 3.52. The van der Waals surface area contributed by atoms with Crippen LogP contribution in [0.5, 0.6) is 5.75 Å². The first-order valence-electron chi connectivity index (χ1n) is 9.71. The maximum atomic E-state index is 12.2. The van der Waals surface area contributed by atoms with Crippen molar-refractivity contribution in [2.24, 2.45) is 0 Å². The molecule has 9 heteroatoms. The van der Waals surface area contributed by atoms with E-state index >= 15 is 0 Å². The summed E-state index contributed by atoms with van der Waals surface area (Å²) in [7, 11) is 1.58. The first-order chi connectivity index (χ1) is 14.4. The molecule has 2 aromatic rings. The van der Waals surface area contributed by atoms with Crippen LogP contribution < -0.4 is 10.1 Å². The molecule has 1 fully saturated rings. The highest BCUT2D eigenvalue weighted by Crippen LogP contribution is 2.33. The van der Waals surface area contributed by atoms with E-state index in [1.54, 1.807) is 13.2 Å². The van der Waals surface area contributed by atoms with Crippen LogP contribution in [0.3, 0.4) is 0 Å². The first-order valence-corrected chi connectivity index (χ1v) is 10.1. The summed E-state index contributed by atoms with van der Waals surface area (Å²) in [5.74, 6) is 0.139. The second-order valence-corrected chi connectivity index (χ2v) is 7.17. The molecule has 1 aromatic heterocycles. The van der Waals surface area contributed by atoms with Gasteiger partial charge in [0.25, 0.3) is 0 Å². The zero-order chi connectivity index (χ0) is 21.8. The predicted molar refractivity (Wildman–Crippen MR) is 112 cm³/mol. The molecule has 1 aliphatic heterocycles. The average molecular weight is 434 g/mol. The third-order valence-electron chi connectivity index (χ3n) is 4.77. The van der Waals surface area contributed by atoms with Gasteiger partial charge < -0.3 is 19.5 Å². The third-order valence-corrected chi connectivity index (χ3v) is 5.08. The minimum atomic E-state index is -0.839. The zero-order valence-electron chi connectivity index (χ0n) is 17.3. The highest BCUT2D eigenvalue weighted by atomic mass is 35.5. The van der Waals surface area contributed by atoms with Crippen LogP contribution in [-0.2, 0) is 31.9 Å². The van der Waals surface area contributed by atoms with Gasteiger partial charge in [-0.05, 0) is 31.0 Å². The quantitative estimate of drug-likeness (QED) is 0.664. The minimum absolute atomic E-state index is 0.00510. The van der Waals surface area contributed by atoms with E-state index in [9.17, 15) is 9.59 Å². The van der Waals surface area contributed by atoms with E-state index in [0.29, 0.717) is 40.8 Å². The second-order valence-electron chi connectivity index (χ2n) is 6.77. The molecule has 0 spiro atoms. The average Bonchev–Trinajstić information content (AvgIpc) is 3.06. The third kappa shape index (κ3) is 4.48. The van der Waals surface area contributed by atoms with Gasteiger partial charge >= 0.3 is 11.9 Å². The number of rotatable bonds is 7. The lowest BCUT2D eigenvalue weighted by Gasteiger charge is -2.20. The van der Waals surface area contributed by atoms with Crippen LogP contribution in [0.4, 0.5) is 5.82 Å². The Morgan fingerprint density at radius 3 is 2.60 bits per heavy atom. The Morgan fingerprint density at radius 2 is 2.00 bits per heavy atom. The Morgan fingerprint density at radius 1 is 1.27 bits per heavy atom. The molecule has 0 radical (unpaired) electrons. The fourth-order valence-electron chi connectivity index (χ4n) is 3.26. The van der Waals surface area contributed by atoms with Gasteiger partial charge in [-0.15, -0.1) is 0 Å². The Labute approximate surface area is 179 Å². The summed E-state index contributed by atoms with van der Waals surface area (Å²) >= 11 is 6.46. The molecule has 2 atom stereocenters. The van der Waals surface area contributed by atoms with Crippen molar-refractivity contribution in [2.45, 2.75) is 45.8 Å². The highest BCUT2D eigenvalue weighted by molar-refractivity contribution is 6.33. The Balaban J connectivity index is 1.99. The summed E-state index contributed by atoms with van der Waals surface area (Å²) in [5.41, 5.74) is 2.81. The number of nitrogens with one attached hydrogen (secondary N) is 1. The molecule has 0 aliphatic carbocycles. The van der Waals surface area contributed by atoms with Crippen molar-refractivity contribution >= 4 is 29.4 Å². The van der Waals surface area contributed by atoms with Crippen LogP contribution in [0.1, 0.15) is 32.2 Å². The molecule has 1 aliphatic rings. The molecular weight excluding hydrogens is 410 g/mol. The lowest BCUT2D eigenvalue weighted by Crippen LogP contribution is -2.38. The Kier molecular flexibility index (Phi) is 6.77. The van der Waals surface area contributed by atoms with Crippen LogP contribution in [0, 0.1) is 0 Å². The normalized spacial score (nSPS) is 18.1. The molecule has 0 saturated carbocycles. The molecule has 3 rings (SSSR count). The summed E-state index contributed by atoms with van der Waals surface area (Å²) in [4.78, 5) is 33.0. The lowest BCUT2D eigenvalue weighted by molar-refractivity contribution is -0.146. The van der Waals surface area contributed by atoms with E-state index in [0.717, 1.165) is 11.3 Å². The van der Waals surface area contributed by atoms with Crippen molar-refractivity contribution in [2.75, 3.05) is 19.0 Å². The van der Waals surface area contributed by atoms with Gasteiger partial charge in [-0.1, -0.05) is 25.4 Å². The fraction of sp³-hybridized carbons (Fsp3) is 0.429. The van der Waals surface area contributed by atoms with Gasteiger partial charge in [0.05, 0.1) is 29.2 Å². The van der Waals surface area contributed by atoms with E-state index in [1.165, 1.54) is 6.92 Å². The number of halogens is 1. The van der Waals surface area contributed by atoms with Gasteiger partial charge in [0, 0.05) is 12.5 Å². The van der Waals surface area contributed by atoms with E-state index in [1.807, 2.05) is 26.0 Å². The number of carbonyl (C=O) groups excluding carboxylic acids is 2. The van der Waals surface area contributed by atoms with Crippen molar-refractivity contribution < 1.29 is 23.8 Å². The summed E-state index contributed by atoms with van der Waals surface area (Å²) < 4.78 is 15.5. The summed E-state index contributed by atoms with van der Waals surface area (Å²) in [5, 5.41) is 3.58. The van der Waals surface area contributed by atoms with Gasteiger partial charge in [-0.3, -0.25) is 4.79 Å². The van der Waals surface area contributed by atoms with E-state index in [2.05, 4.69) is 5.32 Å². The molecule has 2 unspecified atom stereocenters. The van der Waals surface area contributed by atoms with E-state index in [4.69, 9.17) is 35.8 Å². The van der Waals surface area contributed by atoms with Gasteiger partial charge in [0.15, 0.2) is 12.1 Å². The van der Waals surface area contributed by atoms with Gasteiger partial charge in [0.1, 0.15) is 18.2 Å². The van der Waals surface area contributed by atoms with Crippen molar-refractivity contribution in [3.8, 4) is 17.0 Å². The van der Waals surface area contributed by atoms with Crippen molar-refractivity contribution in [3.63, 3.8) is 0 Å². The molecule has 30 heavy (non-hydrogen) atoms. The number of anilines is 1. The number of nitrogens with zero attached hydrogens (tertiary/aromatic N) is 2. The minimum Gasteiger partial charge on any atom is -0.497 e. The smallest absolute Gasteiger partial charge is 0.332 e. The molecule has 1 aromatic carbocycles. The predicted octanol–water partition coefficient (Wildman–Crippen LogP) is 3.20. The van der Waals surface area contributed by atoms with Gasteiger partial charge in [0.2, 0.25) is 0 Å². The highest BCUT2D eigenvalue weighted by Gasteiger charge is 2.40. The molecule has 1 saturated heterocycles. The summed E-state index contributed by atoms with van der Waals surface area (Å²) in [6.07, 6.45) is 0.452. The number of hydrogen-bond acceptors (Lipinski definition) is 8. The molecule has 0 amide bonds. The monoisotopic (exact) mass is 433 g/mol. The number of ether oxygens (including phenoxy) is 3. The number of benzene rings is 1. The molecule has 0 bridgehead atoms. The number of esters is 2. The molecular formula is C21H24ClN3O5. The zero-order valence-corrected chi connectivity index (χ0v) is 18.1. The number of hydrogen-bond donors (Lipinski definition) is 1. The van der Waals surface area contributed by atoms with Crippen LogP contribution >= 0.6 is 11.6 Å². The van der Waals surface area contributed by atoms with Crippen LogP contribution in [0.15, 0.2) is 18.2 Å². The Bertz CT molecular complexity index is 966. The topological polar surface area (TPSA) is 99.6 Å². The van der Waals surface area contributed by atoms with Gasteiger partial charge in [-0.2, -0.15) is 0 Å². The van der Waals surface area contributed by atoms with Crippen molar-refractivity contribution in [1.82, 2.24) is 9.97 Å². The number of methoxy groups -OCH3 is 1. The van der Waals surface area contributed by atoms with Crippen LogP contribution in [0.2, 0.25) is 5.02 Å². The van der Waals surface area contributed by atoms with E-state index < -0.39 is 24.1 Å². The number of aryl methyl sites for hydroxylation is 2. The van der Waals surface area contributed by atoms with Crippen LogP contribution in [-0.4, -0.2) is 47.8 Å². The maximum Gasteiger partial charge on any atom is 0.332 e.